The minimum atomic E-state index is -1.25. The molecule has 0 radical (unpaired) electrons. The number of amides is 1. The van der Waals surface area contributed by atoms with Gasteiger partial charge in [-0.3, -0.25) is 9.36 Å². The summed E-state index contributed by atoms with van der Waals surface area (Å²) in [6, 6.07) is 7.15. The number of halogens is 3. The lowest BCUT2D eigenvalue weighted by Crippen LogP contribution is -2.19. The lowest BCUT2D eigenvalue weighted by Gasteiger charge is -2.24. The van der Waals surface area contributed by atoms with Gasteiger partial charge >= 0.3 is 5.97 Å². The number of nitrogens with zero attached hydrogens (tertiary/aromatic N) is 2. The molecule has 3 N–H and O–H groups in total. The van der Waals surface area contributed by atoms with Gasteiger partial charge in [-0.15, -0.1) is 0 Å². The molecule has 0 bridgehead atoms. The van der Waals surface area contributed by atoms with Crippen molar-refractivity contribution in [3.05, 3.63) is 68.8 Å². The van der Waals surface area contributed by atoms with Crippen LogP contribution in [0.3, 0.4) is 0 Å². The molecule has 1 fully saturated rings. The summed E-state index contributed by atoms with van der Waals surface area (Å²) in [5, 5.41) is 10.2. The summed E-state index contributed by atoms with van der Waals surface area (Å²) in [4.78, 5) is 29.3. The summed E-state index contributed by atoms with van der Waals surface area (Å²) in [6.45, 7) is 1.71. The Kier molecular flexibility index (Phi) is 6.45. The quantitative estimate of drug-likeness (QED) is 0.449. The molecule has 1 heterocycles. The Bertz CT molecular complexity index is 1270. The second kappa shape index (κ2) is 9.15. The number of aryl methyl sites for hydroxylation is 1. The number of hydrogen-bond acceptors (Lipinski definition) is 3. The number of imidazole rings is 1. The number of carboxylic acids is 1. The van der Waals surface area contributed by atoms with Gasteiger partial charge in [0, 0.05) is 16.5 Å². The number of carbonyl (C=O) groups excluding carboxylic acids is 1. The molecule has 0 saturated heterocycles. The van der Waals surface area contributed by atoms with E-state index in [9.17, 15) is 19.1 Å². The van der Waals surface area contributed by atoms with Crippen LogP contribution < -0.4 is 5.73 Å². The van der Waals surface area contributed by atoms with E-state index in [-0.39, 0.29) is 27.9 Å². The van der Waals surface area contributed by atoms with Crippen molar-refractivity contribution < 1.29 is 19.1 Å². The van der Waals surface area contributed by atoms with E-state index in [1.807, 2.05) is 0 Å². The molecule has 9 heteroatoms. The number of carbonyl (C=O) groups is 2. The van der Waals surface area contributed by atoms with Crippen LogP contribution >= 0.6 is 23.2 Å². The first kappa shape index (κ1) is 23.3. The van der Waals surface area contributed by atoms with E-state index in [0.717, 1.165) is 32.1 Å². The molecule has 6 nitrogen and oxygen atoms in total. The van der Waals surface area contributed by atoms with Gasteiger partial charge in [-0.2, -0.15) is 0 Å². The third kappa shape index (κ3) is 4.35. The average Bonchev–Trinajstić information content (AvgIpc) is 3.16. The SMILES string of the molecule is Cc1cc(Cl)cc(-n2c(C3CCCCC3)nc(C(=O)O)c2-c2ccc(F)c(Cl)c2)c1C(N)=O. The fourth-order valence-electron chi connectivity index (χ4n) is 4.60. The Labute approximate surface area is 200 Å². The first-order chi connectivity index (χ1) is 15.7. The first-order valence-corrected chi connectivity index (χ1v) is 11.4. The second-order valence-corrected chi connectivity index (χ2v) is 9.10. The molecule has 3 aromatic rings. The van der Waals surface area contributed by atoms with E-state index in [1.165, 1.54) is 18.2 Å². The van der Waals surface area contributed by atoms with E-state index in [1.54, 1.807) is 23.6 Å². The van der Waals surface area contributed by atoms with Crippen LogP contribution in [0.2, 0.25) is 10.0 Å². The lowest BCUT2D eigenvalue weighted by atomic mass is 9.88. The molecule has 1 saturated carbocycles. The van der Waals surface area contributed by atoms with E-state index in [0.29, 0.717) is 27.7 Å². The molecule has 1 aliphatic carbocycles. The van der Waals surface area contributed by atoms with Crippen LogP contribution in [-0.2, 0) is 0 Å². The molecule has 0 spiro atoms. The highest BCUT2D eigenvalue weighted by Crippen LogP contribution is 2.40. The third-order valence-electron chi connectivity index (χ3n) is 6.04. The van der Waals surface area contributed by atoms with Gasteiger partial charge in [-0.1, -0.05) is 42.5 Å². The zero-order valence-corrected chi connectivity index (χ0v) is 19.4. The van der Waals surface area contributed by atoms with Crippen molar-refractivity contribution in [1.82, 2.24) is 9.55 Å². The van der Waals surface area contributed by atoms with Gasteiger partial charge in [0.2, 0.25) is 0 Å². The largest absolute Gasteiger partial charge is 0.476 e. The van der Waals surface area contributed by atoms with Crippen LogP contribution in [-0.4, -0.2) is 26.5 Å². The number of benzene rings is 2. The average molecular weight is 490 g/mol. The van der Waals surface area contributed by atoms with E-state index >= 15 is 0 Å². The van der Waals surface area contributed by atoms with Crippen molar-refractivity contribution in [3.63, 3.8) is 0 Å². The van der Waals surface area contributed by atoms with Crippen molar-refractivity contribution in [3.8, 4) is 16.9 Å². The van der Waals surface area contributed by atoms with Gasteiger partial charge < -0.3 is 10.8 Å². The molecule has 33 heavy (non-hydrogen) atoms. The number of aromatic nitrogens is 2. The Hall–Kier alpha value is -2.90. The maximum absolute atomic E-state index is 13.9. The summed E-state index contributed by atoms with van der Waals surface area (Å²) >= 11 is 12.4. The maximum atomic E-state index is 13.9. The van der Waals surface area contributed by atoms with Crippen LogP contribution in [0.15, 0.2) is 30.3 Å². The van der Waals surface area contributed by atoms with Gasteiger partial charge in [0.1, 0.15) is 11.6 Å². The Morgan fingerprint density at radius 1 is 1.15 bits per heavy atom. The predicted octanol–water partition coefficient (Wildman–Crippen LogP) is 6.14. The van der Waals surface area contributed by atoms with Crippen molar-refractivity contribution in [1.29, 1.82) is 0 Å². The van der Waals surface area contributed by atoms with Crippen molar-refractivity contribution >= 4 is 35.1 Å². The number of aromatic carboxylic acids is 1. The molecule has 0 unspecified atom stereocenters. The van der Waals surface area contributed by atoms with Crippen LogP contribution in [0.4, 0.5) is 4.39 Å². The minimum absolute atomic E-state index is 0.0264. The summed E-state index contributed by atoms with van der Waals surface area (Å²) < 4.78 is 15.6. The standard InChI is InChI=1S/C24H22Cl2FN3O3/c1-12-9-15(25)11-18(19(12)22(28)31)30-21(14-7-8-17(27)16(26)10-14)20(24(32)33)29-23(30)13-5-3-2-4-6-13/h7-11,13H,2-6H2,1H3,(H2,28,31)(H,32,33). The van der Waals surface area contributed by atoms with Crippen LogP contribution in [0.5, 0.6) is 0 Å². The van der Waals surface area contributed by atoms with Crippen molar-refractivity contribution in [2.45, 2.75) is 44.9 Å². The molecule has 0 aliphatic heterocycles. The van der Waals surface area contributed by atoms with E-state index < -0.39 is 17.7 Å². The number of rotatable bonds is 5. The van der Waals surface area contributed by atoms with E-state index in [4.69, 9.17) is 28.9 Å². The summed E-state index contributed by atoms with van der Waals surface area (Å²) in [5.41, 5.74) is 7.14. The lowest BCUT2D eigenvalue weighted by molar-refractivity contribution is 0.0691. The van der Waals surface area contributed by atoms with Crippen LogP contribution in [0, 0.1) is 12.7 Å². The van der Waals surface area contributed by atoms with Crippen LogP contribution in [0.1, 0.15) is 70.3 Å². The zero-order valence-electron chi connectivity index (χ0n) is 17.9. The van der Waals surface area contributed by atoms with Gasteiger partial charge in [-0.05, 0) is 55.7 Å². The second-order valence-electron chi connectivity index (χ2n) is 8.25. The molecule has 0 atom stereocenters. The molecular weight excluding hydrogens is 468 g/mol. The predicted molar refractivity (Wildman–Crippen MR) is 125 cm³/mol. The fourth-order valence-corrected chi connectivity index (χ4v) is 5.04. The van der Waals surface area contributed by atoms with Crippen molar-refractivity contribution in [2.75, 3.05) is 0 Å². The summed E-state index contributed by atoms with van der Waals surface area (Å²) in [5.74, 6) is -2.08. The molecule has 172 valence electrons. The van der Waals surface area contributed by atoms with E-state index in [2.05, 4.69) is 4.98 Å². The minimum Gasteiger partial charge on any atom is -0.476 e. The zero-order chi connectivity index (χ0) is 23.9. The summed E-state index contributed by atoms with van der Waals surface area (Å²) in [7, 11) is 0. The molecule has 1 aromatic heterocycles. The third-order valence-corrected chi connectivity index (χ3v) is 6.54. The first-order valence-electron chi connectivity index (χ1n) is 10.6. The van der Waals surface area contributed by atoms with Gasteiger partial charge in [0.25, 0.3) is 5.91 Å². The Morgan fingerprint density at radius 2 is 1.85 bits per heavy atom. The number of nitrogens with two attached hydrogens (primary N) is 1. The van der Waals surface area contributed by atoms with Gasteiger partial charge in [0.05, 0.1) is 22.0 Å². The normalized spacial score (nSPS) is 14.4. The highest BCUT2D eigenvalue weighted by atomic mass is 35.5. The maximum Gasteiger partial charge on any atom is 0.356 e. The molecule has 2 aromatic carbocycles. The molecule has 1 aliphatic rings. The molecular formula is C24H22Cl2FN3O3. The topological polar surface area (TPSA) is 98.2 Å². The van der Waals surface area contributed by atoms with Crippen LogP contribution in [0.25, 0.3) is 16.9 Å². The number of primary amides is 1. The summed E-state index contributed by atoms with van der Waals surface area (Å²) in [6.07, 6.45) is 4.70. The fraction of sp³-hybridized carbons (Fsp3) is 0.292. The highest BCUT2D eigenvalue weighted by molar-refractivity contribution is 6.31. The van der Waals surface area contributed by atoms with Gasteiger partial charge in [-0.25, -0.2) is 14.2 Å². The smallest absolute Gasteiger partial charge is 0.356 e. The number of hydrogen-bond donors (Lipinski definition) is 2. The monoisotopic (exact) mass is 489 g/mol. The Balaban J connectivity index is 2.13. The highest BCUT2D eigenvalue weighted by Gasteiger charge is 2.31. The van der Waals surface area contributed by atoms with Gasteiger partial charge in [0.15, 0.2) is 5.69 Å². The molecule has 4 rings (SSSR count). The Morgan fingerprint density at radius 3 is 2.45 bits per heavy atom. The number of carboxylic acid groups (broad SMARTS) is 1. The van der Waals surface area contributed by atoms with Crippen molar-refractivity contribution in [2.24, 2.45) is 5.73 Å². The molecule has 1 amide bonds.